The van der Waals surface area contributed by atoms with Crippen LogP contribution in [0, 0.1) is 0 Å². The Balaban J connectivity index is 1.26. The van der Waals surface area contributed by atoms with Crippen LogP contribution in [-0.4, -0.2) is 4.57 Å². The Morgan fingerprint density at radius 3 is 1.24 bits per heavy atom. The van der Waals surface area contributed by atoms with Gasteiger partial charge in [-0.25, -0.2) is 0 Å². The first-order chi connectivity index (χ1) is 22.3. The maximum absolute atomic E-state index is 6.17. The summed E-state index contributed by atoms with van der Waals surface area (Å²) in [6.07, 6.45) is 0. The van der Waals surface area contributed by atoms with Crippen LogP contribution in [-0.2, 0) is 0 Å². The highest BCUT2D eigenvalue weighted by Crippen LogP contribution is 2.39. The number of furan rings is 2. The van der Waals surface area contributed by atoms with Crippen LogP contribution >= 0.6 is 0 Å². The lowest BCUT2D eigenvalue weighted by Gasteiger charge is -2.14. The summed E-state index contributed by atoms with van der Waals surface area (Å²) in [6, 6.07) is 53.9. The van der Waals surface area contributed by atoms with Gasteiger partial charge in [-0.05, 0) is 89.0 Å². The van der Waals surface area contributed by atoms with Gasteiger partial charge in [0.15, 0.2) is 0 Å². The van der Waals surface area contributed by atoms with Crippen molar-refractivity contribution in [2.24, 2.45) is 0 Å². The highest BCUT2D eigenvalue weighted by molar-refractivity contribution is 6.10. The summed E-state index contributed by atoms with van der Waals surface area (Å²) in [5.74, 6) is 0. The van der Waals surface area contributed by atoms with Gasteiger partial charge >= 0.3 is 0 Å². The number of fused-ring (bicyclic) bond motifs is 9. The first kappa shape index (κ1) is 24.4. The Labute approximate surface area is 258 Å². The van der Waals surface area contributed by atoms with Crippen molar-refractivity contribution in [1.82, 2.24) is 4.57 Å². The zero-order valence-corrected chi connectivity index (χ0v) is 24.2. The van der Waals surface area contributed by atoms with E-state index in [1.165, 1.54) is 21.8 Å². The van der Waals surface area contributed by atoms with Crippen molar-refractivity contribution in [3.8, 4) is 27.9 Å². The van der Waals surface area contributed by atoms with E-state index in [2.05, 4.69) is 132 Å². The molecule has 7 aromatic carbocycles. The van der Waals surface area contributed by atoms with Crippen LogP contribution in [0.4, 0.5) is 0 Å². The molecule has 3 aromatic heterocycles. The van der Waals surface area contributed by atoms with Gasteiger partial charge in [0.2, 0.25) is 0 Å². The Morgan fingerprint density at radius 2 is 0.733 bits per heavy atom. The van der Waals surface area contributed by atoms with Crippen LogP contribution in [0.2, 0.25) is 0 Å². The Bertz CT molecular complexity index is 2590. The van der Waals surface area contributed by atoms with Crippen LogP contribution in [0.15, 0.2) is 160 Å². The molecule has 0 amide bonds. The monoisotopic (exact) mass is 575 g/mol. The van der Waals surface area contributed by atoms with Crippen molar-refractivity contribution in [3.05, 3.63) is 152 Å². The molecule has 10 aromatic rings. The summed E-state index contributed by atoms with van der Waals surface area (Å²) >= 11 is 0. The first-order valence-electron chi connectivity index (χ1n) is 15.3. The van der Waals surface area contributed by atoms with Crippen molar-refractivity contribution >= 4 is 65.7 Å². The predicted molar refractivity (Wildman–Crippen MR) is 186 cm³/mol. The molecule has 10 rings (SSSR count). The molecule has 0 fully saturated rings. The predicted octanol–water partition coefficient (Wildman–Crippen LogP) is 11.9. The molecule has 3 nitrogen and oxygen atoms in total. The third-order valence-corrected chi connectivity index (χ3v) is 9.18. The molecular weight excluding hydrogens is 550 g/mol. The van der Waals surface area contributed by atoms with Crippen molar-refractivity contribution in [2.45, 2.75) is 0 Å². The second-order valence-electron chi connectivity index (χ2n) is 11.8. The van der Waals surface area contributed by atoms with Gasteiger partial charge in [-0.15, -0.1) is 0 Å². The maximum Gasteiger partial charge on any atom is 0.135 e. The molecule has 0 saturated heterocycles. The molecular formula is C42H25NO2. The summed E-state index contributed by atoms with van der Waals surface area (Å²) in [5, 5.41) is 7.00. The summed E-state index contributed by atoms with van der Waals surface area (Å²) in [7, 11) is 0. The van der Waals surface area contributed by atoms with E-state index in [9.17, 15) is 0 Å². The van der Waals surface area contributed by atoms with Gasteiger partial charge < -0.3 is 13.4 Å². The van der Waals surface area contributed by atoms with E-state index < -0.39 is 0 Å². The fourth-order valence-corrected chi connectivity index (χ4v) is 7.09. The largest absolute Gasteiger partial charge is 0.456 e. The number of benzene rings is 7. The number of para-hydroxylation sites is 4. The lowest BCUT2D eigenvalue weighted by molar-refractivity contribution is 0.668. The quantitative estimate of drug-likeness (QED) is 0.210. The molecule has 0 atom stereocenters. The van der Waals surface area contributed by atoms with Crippen LogP contribution in [0.5, 0.6) is 0 Å². The van der Waals surface area contributed by atoms with Gasteiger partial charge in [-0.1, -0.05) is 84.9 Å². The third kappa shape index (κ3) is 3.65. The maximum atomic E-state index is 6.17. The van der Waals surface area contributed by atoms with Gasteiger partial charge in [0, 0.05) is 38.0 Å². The number of rotatable bonds is 3. The normalized spacial score (nSPS) is 12.0. The van der Waals surface area contributed by atoms with Crippen LogP contribution in [0.25, 0.3) is 93.6 Å². The van der Waals surface area contributed by atoms with E-state index in [0.717, 1.165) is 71.8 Å². The molecule has 3 heteroatoms. The second-order valence-corrected chi connectivity index (χ2v) is 11.8. The van der Waals surface area contributed by atoms with Gasteiger partial charge in [0.1, 0.15) is 22.3 Å². The zero-order valence-electron chi connectivity index (χ0n) is 24.2. The minimum atomic E-state index is 0.899. The first-order valence-corrected chi connectivity index (χ1v) is 15.3. The fourth-order valence-electron chi connectivity index (χ4n) is 7.09. The molecule has 210 valence electrons. The Hall–Kier alpha value is -6.06. The van der Waals surface area contributed by atoms with Gasteiger partial charge in [-0.3, -0.25) is 0 Å². The fraction of sp³-hybridized carbons (Fsp3) is 0. The standard InChI is InChI=1S/C42H25NO2/c1-5-13-37-31(9-1)32-10-2-6-14-38(32)43(37)30-22-28(26-17-19-41-35(24-26)33-11-3-7-15-39(33)44-41)21-29(23-30)27-18-20-42-36(25-27)34-12-4-8-16-40(34)45-42/h1-25H. The topological polar surface area (TPSA) is 31.2 Å². The van der Waals surface area contributed by atoms with Crippen LogP contribution < -0.4 is 0 Å². The Kier molecular flexibility index (Phi) is 5.00. The van der Waals surface area contributed by atoms with Gasteiger partial charge in [-0.2, -0.15) is 0 Å². The summed E-state index contributed by atoms with van der Waals surface area (Å²) in [5.41, 5.74) is 11.7. The number of aromatic nitrogens is 1. The number of hydrogen-bond acceptors (Lipinski definition) is 2. The Morgan fingerprint density at radius 1 is 0.311 bits per heavy atom. The van der Waals surface area contributed by atoms with Crippen molar-refractivity contribution in [3.63, 3.8) is 0 Å². The van der Waals surface area contributed by atoms with Gasteiger partial charge in [0.05, 0.1) is 11.0 Å². The van der Waals surface area contributed by atoms with Crippen molar-refractivity contribution in [1.29, 1.82) is 0 Å². The highest BCUT2D eigenvalue weighted by atomic mass is 16.3. The van der Waals surface area contributed by atoms with Crippen LogP contribution in [0.3, 0.4) is 0 Å². The molecule has 3 heterocycles. The SMILES string of the molecule is c1ccc2c(c1)oc1ccc(-c3cc(-c4ccc5oc6ccccc6c5c4)cc(-n4c5ccccc5c5ccccc54)c3)cc12. The van der Waals surface area contributed by atoms with E-state index in [-0.39, 0.29) is 0 Å². The third-order valence-electron chi connectivity index (χ3n) is 9.18. The molecule has 0 aliphatic rings. The summed E-state index contributed by atoms with van der Waals surface area (Å²) < 4.78 is 14.7. The van der Waals surface area contributed by atoms with E-state index in [1.54, 1.807) is 0 Å². The van der Waals surface area contributed by atoms with E-state index in [0.29, 0.717) is 0 Å². The highest BCUT2D eigenvalue weighted by Gasteiger charge is 2.16. The molecule has 0 spiro atoms. The molecule has 0 N–H and O–H groups in total. The summed E-state index contributed by atoms with van der Waals surface area (Å²) in [4.78, 5) is 0. The minimum absolute atomic E-state index is 0.899. The average Bonchev–Trinajstić information content (AvgIpc) is 3.77. The van der Waals surface area contributed by atoms with Crippen molar-refractivity contribution in [2.75, 3.05) is 0 Å². The average molecular weight is 576 g/mol. The molecule has 0 radical (unpaired) electrons. The molecule has 0 aliphatic carbocycles. The lowest BCUT2D eigenvalue weighted by Crippen LogP contribution is -1.96. The molecule has 0 bridgehead atoms. The number of nitrogens with zero attached hydrogens (tertiary/aromatic N) is 1. The van der Waals surface area contributed by atoms with Crippen molar-refractivity contribution < 1.29 is 8.83 Å². The van der Waals surface area contributed by atoms with E-state index in [1.807, 2.05) is 24.3 Å². The zero-order chi connectivity index (χ0) is 29.5. The molecule has 0 unspecified atom stereocenters. The number of hydrogen-bond donors (Lipinski definition) is 0. The van der Waals surface area contributed by atoms with Crippen LogP contribution in [0.1, 0.15) is 0 Å². The van der Waals surface area contributed by atoms with E-state index >= 15 is 0 Å². The molecule has 0 saturated carbocycles. The minimum Gasteiger partial charge on any atom is -0.456 e. The second kappa shape index (κ2) is 9.22. The molecule has 45 heavy (non-hydrogen) atoms. The van der Waals surface area contributed by atoms with Gasteiger partial charge in [0.25, 0.3) is 0 Å². The lowest BCUT2D eigenvalue weighted by atomic mass is 9.96. The smallest absolute Gasteiger partial charge is 0.135 e. The summed E-state index contributed by atoms with van der Waals surface area (Å²) in [6.45, 7) is 0. The van der Waals surface area contributed by atoms with E-state index in [4.69, 9.17) is 8.83 Å². The molecule has 0 aliphatic heterocycles.